The molecule has 0 bridgehead atoms. The molecule has 0 amide bonds. The van der Waals surface area contributed by atoms with Crippen molar-refractivity contribution in [1.29, 1.82) is 0 Å². The lowest BCUT2D eigenvalue weighted by Crippen LogP contribution is -2.31. The molecule has 1 aliphatic rings. The number of fused-ring (bicyclic) bond motifs is 1. The molecule has 5 nitrogen and oxygen atoms in total. The van der Waals surface area contributed by atoms with Crippen LogP contribution in [0.1, 0.15) is 39.0 Å². The summed E-state index contributed by atoms with van der Waals surface area (Å²) in [6.45, 7) is 1.66. The summed E-state index contributed by atoms with van der Waals surface area (Å²) in [5.41, 5.74) is 1.21. The first-order chi connectivity index (χ1) is 14.5. The van der Waals surface area contributed by atoms with Gasteiger partial charge in [-0.25, -0.2) is 4.79 Å². The van der Waals surface area contributed by atoms with Gasteiger partial charge in [0.25, 0.3) is 0 Å². The lowest BCUT2D eigenvalue weighted by molar-refractivity contribution is -0.158. The molecule has 30 heavy (non-hydrogen) atoms. The van der Waals surface area contributed by atoms with Crippen LogP contribution in [0.5, 0.6) is 5.75 Å². The number of hydrogen-bond donors (Lipinski definition) is 0. The van der Waals surface area contributed by atoms with Crippen molar-refractivity contribution in [3.05, 3.63) is 64.0 Å². The minimum atomic E-state index is -0.751. The molecule has 0 spiro atoms. The third-order valence-electron chi connectivity index (χ3n) is 5.39. The highest BCUT2D eigenvalue weighted by atomic mass is 35.5. The van der Waals surface area contributed by atoms with Crippen molar-refractivity contribution in [2.45, 2.75) is 51.2 Å². The fourth-order valence-corrected chi connectivity index (χ4v) is 3.98. The van der Waals surface area contributed by atoms with Crippen LogP contribution in [0.3, 0.4) is 0 Å². The summed E-state index contributed by atoms with van der Waals surface area (Å²) in [6.07, 6.45) is 5.83. The number of benzene rings is 2. The number of rotatable bonds is 5. The van der Waals surface area contributed by atoms with E-state index >= 15 is 0 Å². The number of halogens is 1. The minimum Gasteiger partial charge on any atom is -0.479 e. The average Bonchev–Trinajstić information content (AvgIpc) is 2.75. The van der Waals surface area contributed by atoms with E-state index in [0.29, 0.717) is 32.9 Å². The maximum absolute atomic E-state index is 12.9. The van der Waals surface area contributed by atoms with Crippen LogP contribution >= 0.6 is 11.6 Å². The normalized spacial score (nSPS) is 15.7. The monoisotopic (exact) mass is 426 g/mol. The van der Waals surface area contributed by atoms with E-state index in [1.54, 1.807) is 43.3 Å². The van der Waals surface area contributed by atoms with Crippen LogP contribution in [0.4, 0.5) is 0 Å². The molecule has 1 unspecified atom stereocenters. The molecule has 1 aliphatic carbocycles. The zero-order valence-electron chi connectivity index (χ0n) is 16.7. The minimum absolute atomic E-state index is 0.0184. The maximum Gasteiger partial charge on any atom is 0.347 e. The first-order valence-corrected chi connectivity index (χ1v) is 10.6. The number of hydrogen-bond acceptors (Lipinski definition) is 5. The Bertz CT molecular complexity index is 1110. The SMILES string of the molecule is CC(Oc1ccc2c(=O)c(-c3ccccc3Cl)coc2c1)C(=O)OC1CCCCC1. The molecular formula is C24H23ClO5. The molecule has 4 rings (SSSR count). The zero-order valence-corrected chi connectivity index (χ0v) is 17.5. The predicted molar refractivity (Wildman–Crippen MR) is 116 cm³/mol. The van der Waals surface area contributed by atoms with Crippen LogP contribution in [0.15, 0.2) is 57.9 Å². The topological polar surface area (TPSA) is 65.7 Å². The van der Waals surface area contributed by atoms with Gasteiger partial charge in [0.1, 0.15) is 23.7 Å². The molecule has 3 aromatic rings. The number of carbonyl (C=O) groups excluding carboxylic acids is 1. The standard InChI is InChI=1S/C24H23ClO5/c1-15(24(27)30-16-7-3-2-4-8-16)29-17-11-12-19-22(13-17)28-14-20(23(19)26)18-9-5-6-10-21(18)25/h5-6,9-16H,2-4,7-8H2,1H3. The lowest BCUT2D eigenvalue weighted by Gasteiger charge is -2.23. The Kier molecular flexibility index (Phi) is 6.09. The molecule has 1 aromatic heterocycles. The van der Waals surface area contributed by atoms with Gasteiger partial charge in [0.2, 0.25) is 5.43 Å². The molecule has 1 atom stereocenters. The summed E-state index contributed by atoms with van der Waals surface area (Å²) in [6, 6.07) is 12.0. The zero-order chi connectivity index (χ0) is 21.1. The van der Waals surface area contributed by atoms with Gasteiger partial charge in [-0.15, -0.1) is 0 Å². The second-order valence-corrected chi connectivity index (χ2v) is 7.98. The van der Waals surface area contributed by atoms with Gasteiger partial charge in [0.05, 0.1) is 10.9 Å². The fraction of sp³-hybridized carbons (Fsp3) is 0.333. The van der Waals surface area contributed by atoms with Gasteiger partial charge >= 0.3 is 5.97 Å². The summed E-state index contributed by atoms with van der Waals surface area (Å²) in [4.78, 5) is 25.2. The first kappa shape index (κ1) is 20.5. The van der Waals surface area contributed by atoms with E-state index in [4.69, 9.17) is 25.5 Å². The van der Waals surface area contributed by atoms with Gasteiger partial charge in [0, 0.05) is 16.7 Å². The van der Waals surface area contributed by atoms with E-state index < -0.39 is 6.10 Å². The van der Waals surface area contributed by atoms with Crippen molar-refractivity contribution < 1.29 is 18.7 Å². The van der Waals surface area contributed by atoms with Gasteiger partial charge in [-0.2, -0.15) is 0 Å². The fourth-order valence-electron chi connectivity index (χ4n) is 3.74. The van der Waals surface area contributed by atoms with Crippen LogP contribution < -0.4 is 10.2 Å². The number of esters is 1. The van der Waals surface area contributed by atoms with E-state index in [0.717, 1.165) is 25.7 Å². The Labute approximate surface area is 179 Å². The third-order valence-corrected chi connectivity index (χ3v) is 5.72. The van der Waals surface area contributed by atoms with Crippen LogP contribution in [-0.2, 0) is 9.53 Å². The van der Waals surface area contributed by atoms with Crippen LogP contribution in [0, 0.1) is 0 Å². The Morgan fingerprint density at radius 1 is 1.10 bits per heavy atom. The Balaban J connectivity index is 1.52. The smallest absolute Gasteiger partial charge is 0.347 e. The van der Waals surface area contributed by atoms with Crippen molar-refractivity contribution in [2.24, 2.45) is 0 Å². The third kappa shape index (κ3) is 4.36. The molecule has 6 heteroatoms. The second-order valence-electron chi connectivity index (χ2n) is 7.57. The molecule has 0 radical (unpaired) electrons. The van der Waals surface area contributed by atoms with Gasteiger partial charge in [-0.1, -0.05) is 36.2 Å². The molecule has 1 fully saturated rings. The van der Waals surface area contributed by atoms with E-state index in [2.05, 4.69) is 0 Å². The first-order valence-electron chi connectivity index (χ1n) is 10.2. The van der Waals surface area contributed by atoms with Crippen molar-refractivity contribution in [1.82, 2.24) is 0 Å². The highest BCUT2D eigenvalue weighted by molar-refractivity contribution is 6.33. The van der Waals surface area contributed by atoms with Crippen molar-refractivity contribution in [3.8, 4) is 16.9 Å². The Hall–Kier alpha value is -2.79. The van der Waals surface area contributed by atoms with Crippen LogP contribution in [-0.4, -0.2) is 18.2 Å². The van der Waals surface area contributed by atoms with Gasteiger partial charge < -0.3 is 13.9 Å². The summed E-state index contributed by atoms with van der Waals surface area (Å²) in [5.74, 6) is 0.0572. The lowest BCUT2D eigenvalue weighted by atomic mass is 9.98. The predicted octanol–water partition coefficient (Wildman–Crippen LogP) is 5.76. The van der Waals surface area contributed by atoms with E-state index in [-0.39, 0.29) is 17.5 Å². The number of ether oxygens (including phenoxy) is 2. The summed E-state index contributed by atoms with van der Waals surface area (Å²) >= 11 is 6.22. The highest BCUT2D eigenvalue weighted by Gasteiger charge is 2.23. The van der Waals surface area contributed by atoms with Crippen molar-refractivity contribution >= 4 is 28.5 Å². The molecule has 1 saturated carbocycles. The second kappa shape index (κ2) is 8.92. The Morgan fingerprint density at radius 2 is 1.87 bits per heavy atom. The van der Waals surface area contributed by atoms with Gasteiger partial charge in [0.15, 0.2) is 6.10 Å². The molecule has 1 heterocycles. The summed E-state index contributed by atoms with van der Waals surface area (Å²) in [7, 11) is 0. The maximum atomic E-state index is 12.9. The molecule has 0 saturated heterocycles. The van der Waals surface area contributed by atoms with Crippen molar-refractivity contribution in [3.63, 3.8) is 0 Å². The van der Waals surface area contributed by atoms with Crippen molar-refractivity contribution in [2.75, 3.05) is 0 Å². The summed E-state index contributed by atoms with van der Waals surface area (Å²) < 4.78 is 17.0. The molecule has 0 N–H and O–H groups in total. The summed E-state index contributed by atoms with van der Waals surface area (Å²) in [5, 5.41) is 0.895. The number of carbonyl (C=O) groups is 1. The van der Waals surface area contributed by atoms with Crippen LogP contribution in [0.25, 0.3) is 22.1 Å². The molecule has 0 aliphatic heterocycles. The Morgan fingerprint density at radius 3 is 2.63 bits per heavy atom. The van der Waals surface area contributed by atoms with E-state index in [1.165, 1.54) is 12.7 Å². The van der Waals surface area contributed by atoms with E-state index in [1.807, 2.05) is 6.07 Å². The largest absolute Gasteiger partial charge is 0.479 e. The molecular weight excluding hydrogens is 404 g/mol. The van der Waals surface area contributed by atoms with Gasteiger partial charge in [-0.05, 0) is 50.8 Å². The van der Waals surface area contributed by atoms with Crippen LogP contribution in [0.2, 0.25) is 5.02 Å². The quantitative estimate of drug-likeness (QED) is 0.485. The van der Waals surface area contributed by atoms with E-state index in [9.17, 15) is 9.59 Å². The highest BCUT2D eigenvalue weighted by Crippen LogP contribution is 2.28. The average molecular weight is 427 g/mol. The molecule has 2 aromatic carbocycles. The molecule has 156 valence electrons. The van der Waals surface area contributed by atoms with Gasteiger partial charge in [-0.3, -0.25) is 4.79 Å².